The molecule has 25 heavy (non-hydrogen) atoms. The predicted molar refractivity (Wildman–Crippen MR) is 92.7 cm³/mol. The number of hydrogen-bond donors (Lipinski definition) is 2. The molecule has 1 rings (SSSR count). The van der Waals surface area contributed by atoms with E-state index in [1.54, 1.807) is 18.0 Å². The summed E-state index contributed by atoms with van der Waals surface area (Å²) in [5.74, 6) is 0. The smallest absolute Gasteiger partial charge is 0.291 e. The van der Waals surface area contributed by atoms with Gasteiger partial charge in [-0.15, -0.1) is 0 Å². The molecule has 0 spiro atoms. The molecular formula is C15H26F3N7. The number of hydrazone groups is 1. The molecule has 142 valence electrons. The van der Waals surface area contributed by atoms with Crippen molar-refractivity contribution in [2.24, 2.45) is 10.1 Å². The number of halogens is 3. The van der Waals surface area contributed by atoms with Crippen LogP contribution in [0.4, 0.5) is 13.2 Å². The second kappa shape index (κ2) is 10.1. The minimum absolute atomic E-state index is 0.305. The first-order valence-electron chi connectivity index (χ1n) is 8.13. The summed E-state index contributed by atoms with van der Waals surface area (Å²) in [5, 5.41) is 13.6. The quantitative estimate of drug-likeness (QED) is 0.493. The van der Waals surface area contributed by atoms with Gasteiger partial charge in [-0.1, -0.05) is 6.92 Å². The molecule has 10 heteroatoms. The van der Waals surface area contributed by atoms with E-state index in [2.05, 4.69) is 25.7 Å². The first-order valence-corrected chi connectivity index (χ1v) is 8.13. The zero-order valence-electron chi connectivity index (χ0n) is 15.0. The van der Waals surface area contributed by atoms with Crippen molar-refractivity contribution in [3.8, 4) is 0 Å². The average Bonchev–Trinajstić information content (AvgIpc) is 3.08. The van der Waals surface area contributed by atoms with Crippen LogP contribution in [0.1, 0.15) is 26.5 Å². The molecule has 0 bridgehead atoms. The fraction of sp³-hybridized carbons (Fsp3) is 0.667. The van der Waals surface area contributed by atoms with Crippen LogP contribution in [0.15, 0.2) is 22.4 Å². The van der Waals surface area contributed by atoms with E-state index in [1.165, 1.54) is 12.4 Å². The van der Waals surface area contributed by atoms with Crippen molar-refractivity contribution in [2.45, 2.75) is 33.0 Å². The molecule has 0 saturated heterocycles. The highest BCUT2D eigenvalue weighted by molar-refractivity contribution is 6.37. The molecule has 0 amide bonds. The topological polar surface area (TPSA) is 71.9 Å². The molecule has 0 saturated carbocycles. The maximum absolute atomic E-state index is 13.0. The van der Waals surface area contributed by atoms with E-state index in [1.807, 2.05) is 20.9 Å². The summed E-state index contributed by atoms with van der Waals surface area (Å²) in [4.78, 5) is 4.09. The Hall–Kier alpha value is -1.94. The summed E-state index contributed by atoms with van der Waals surface area (Å²) in [6.45, 7) is 5.88. The van der Waals surface area contributed by atoms with Crippen molar-refractivity contribution in [3.05, 3.63) is 18.0 Å². The highest BCUT2D eigenvalue weighted by atomic mass is 19.4. The van der Waals surface area contributed by atoms with Crippen molar-refractivity contribution in [2.75, 3.05) is 33.2 Å². The molecule has 1 aromatic heterocycles. The lowest BCUT2D eigenvalue weighted by Crippen LogP contribution is -2.46. The number of nitrogens with zero attached hydrogens (tertiary/aromatic N) is 5. The van der Waals surface area contributed by atoms with Crippen LogP contribution in [0.2, 0.25) is 0 Å². The molecular weight excluding hydrogens is 335 g/mol. The van der Waals surface area contributed by atoms with Gasteiger partial charge in [-0.25, -0.2) is 5.01 Å². The predicted octanol–water partition coefficient (Wildman–Crippen LogP) is 1.91. The zero-order chi connectivity index (χ0) is 18.9. The fourth-order valence-corrected chi connectivity index (χ4v) is 1.84. The lowest BCUT2D eigenvalue weighted by Gasteiger charge is -2.29. The number of hydrogen-bond acceptors (Lipinski definition) is 6. The van der Waals surface area contributed by atoms with E-state index >= 15 is 0 Å². The van der Waals surface area contributed by atoms with Crippen LogP contribution in [0, 0.1) is 0 Å². The molecule has 1 atom stereocenters. The van der Waals surface area contributed by atoms with Crippen LogP contribution in [0.25, 0.3) is 0 Å². The molecule has 0 radical (unpaired) electrons. The second-order valence-corrected chi connectivity index (χ2v) is 5.52. The molecule has 1 aromatic rings. The third kappa shape index (κ3) is 8.12. The lowest BCUT2D eigenvalue weighted by atomic mass is 10.3. The molecule has 0 aliphatic carbocycles. The van der Waals surface area contributed by atoms with E-state index < -0.39 is 18.8 Å². The number of aromatic nitrogens is 2. The van der Waals surface area contributed by atoms with Gasteiger partial charge in [0.25, 0.3) is 0 Å². The third-order valence-corrected chi connectivity index (χ3v) is 3.39. The van der Waals surface area contributed by atoms with Crippen molar-refractivity contribution in [3.63, 3.8) is 0 Å². The summed E-state index contributed by atoms with van der Waals surface area (Å²) >= 11 is 0. The molecule has 2 N–H and O–H groups in total. The number of aliphatic imine (C=N–C) groups is 1. The van der Waals surface area contributed by atoms with E-state index in [4.69, 9.17) is 0 Å². The molecule has 0 aromatic carbocycles. The highest BCUT2D eigenvalue weighted by Gasteiger charge is 2.32. The van der Waals surface area contributed by atoms with Crippen molar-refractivity contribution in [1.82, 2.24) is 25.6 Å². The summed E-state index contributed by atoms with van der Waals surface area (Å²) in [5.41, 5.74) is 3.87. The Morgan fingerprint density at radius 3 is 2.68 bits per heavy atom. The van der Waals surface area contributed by atoms with Crippen LogP contribution >= 0.6 is 0 Å². The molecule has 7 nitrogen and oxygen atoms in total. The monoisotopic (exact) mass is 361 g/mol. The molecule has 0 fully saturated rings. The zero-order valence-corrected chi connectivity index (χ0v) is 15.0. The Kier molecular flexibility index (Phi) is 8.56. The maximum atomic E-state index is 13.0. The van der Waals surface area contributed by atoms with Gasteiger partial charge in [-0.05, 0) is 19.9 Å². The van der Waals surface area contributed by atoms with Gasteiger partial charge >= 0.3 is 6.18 Å². The summed E-state index contributed by atoms with van der Waals surface area (Å²) < 4.78 is 38.9. The minimum Gasteiger partial charge on any atom is -0.291 e. The van der Waals surface area contributed by atoms with Crippen molar-refractivity contribution in [1.29, 1.82) is 0 Å². The van der Waals surface area contributed by atoms with E-state index in [9.17, 15) is 13.2 Å². The van der Waals surface area contributed by atoms with Gasteiger partial charge in [0.15, 0.2) is 0 Å². The summed E-state index contributed by atoms with van der Waals surface area (Å²) in [6.07, 6.45) is -1.40. The van der Waals surface area contributed by atoms with Gasteiger partial charge in [-0.3, -0.25) is 20.5 Å². The van der Waals surface area contributed by atoms with Crippen molar-refractivity contribution < 1.29 is 13.2 Å². The first-order chi connectivity index (χ1) is 11.8. The molecule has 1 heterocycles. The average molecular weight is 361 g/mol. The van der Waals surface area contributed by atoms with Crippen LogP contribution in [0.5, 0.6) is 0 Å². The normalized spacial score (nSPS) is 14.5. The van der Waals surface area contributed by atoms with Gasteiger partial charge in [-0.2, -0.15) is 23.4 Å². The number of aromatic amines is 1. The molecule has 1 unspecified atom stereocenters. The SMILES string of the molecule is CC/N=C/C(=N\N(CC(F)(F)F)C(C)CNN(C)CC)c1ccn[nH]1. The van der Waals surface area contributed by atoms with Gasteiger partial charge in [0.2, 0.25) is 0 Å². The Morgan fingerprint density at radius 1 is 1.44 bits per heavy atom. The number of nitrogens with one attached hydrogen (secondary N) is 2. The highest BCUT2D eigenvalue weighted by Crippen LogP contribution is 2.18. The van der Waals surface area contributed by atoms with Crippen LogP contribution < -0.4 is 5.43 Å². The third-order valence-electron chi connectivity index (χ3n) is 3.39. The standard InChI is InChI=1S/C15H26F3N7/c1-5-19-10-14(13-7-8-20-22-13)23-25(11-15(16,17)18)12(3)9-21-24(4)6-2/h7-8,10,12,21H,5-6,9,11H2,1-4H3,(H,20,22)/b19-10+,23-14+. The molecule has 0 aliphatic heterocycles. The summed E-state index contributed by atoms with van der Waals surface area (Å²) in [7, 11) is 1.83. The minimum atomic E-state index is -4.37. The van der Waals surface area contributed by atoms with Crippen LogP contribution in [0.3, 0.4) is 0 Å². The number of H-pyrrole nitrogens is 1. The van der Waals surface area contributed by atoms with E-state index in [-0.39, 0.29) is 0 Å². The maximum Gasteiger partial charge on any atom is 0.407 e. The van der Waals surface area contributed by atoms with Gasteiger partial charge < -0.3 is 0 Å². The van der Waals surface area contributed by atoms with E-state index in [0.717, 1.165) is 11.6 Å². The van der Waals surface area contributed by atoms with Crippen LogP contribution in [-0.2, 0) is 0 Å². The largest absolute Gasteiger partial charge is 0.407 e. The second-order valence-electron chi connectivity index (χ2n) is 5.52. The van der Waals surface area contributed by atoms with Crippen molar-refractivity contribution >= 4 is 11.9 Å². The Morgan fingerprint density at radius 2 is 2.16 bits per heavy atom. The number of rotatable bonds is 10. The lowest BCUT2D eigenvalue weighted by molar-refractivity contribution is -0.150. The Balaban J connectivity index is 3.04. The number of hydrazine groups is 1. The first kappa shape index (κ1) is 21.1. The Bertz CT molecular complexity index is 540. The number of alkyl halides is 3. The fourth-order valence-electron chi connectivity index (χ4n) is 1.84. The molecule has 0 aliphatic rings. The Labute approximate surface area is 146 Å². The van der Waals surface area contributed by atoms with Gasteiger partial charge in [0.05, 0.1) is 18.0 Å². The van der Waals surface area contributed by atoms with E-state index in [0.29, 0.717) is 24.5 Å². The van der Waals surface area contributed by atoms with Crippen LogP contribution in [-0.4, -0.2) is 77.6 Å². The van der Waals surface area contributed by atoms with Gasteiger partial charge in [0.1, 0.15) is 12.3 Å². The van der Waals surface area contributed by atoms with Gasteiger partial charge in [0, 0.05) is 32.9 Å². The summed E-state index contributed by atoms with van der Waals surface area (Å²) in [6, 6.07) is 1.16.